The first-order chi connectivity index (χ1) is 7.26. The second-order valence-corrected chi connectivity index (χ2v) is 4.14. The Bertz CT molecular complexity index is 358. The minimum absolute atomic E-state index is 0.138. The van der Waals surface area contributed by atoms with Gasteiger partial charge in [-0.15, -0.1) is 0 Å². The zero-order chi connectivity index (χ0) is 10.9. The molecule has 0 aliphatic heterocycles. The van der Waals surface area contributed by atoms with Crippen molar-refractivity contribution in [3.8, 4) is 0 Å². The van der Waals surface area contributed by atoms with Crippen LogP contribution in [0.5, 0.6) is 0 Å². The Morgan fingerprint density at radius 3 is 2.87 bits per heavy atom. The summed E-state index contributed by atoms with van der Waals surface area (Å²) in [6, 6.07) is 4.55. The Morgan fingerprint density at radius 1 is 1.67 bits per heavy atom. The Morgan fingerprint density at radius 2 is 2.47 bits per heavy atom. The van der Waals surface area contributed by atoms with E-state index >= 15 is 0 Å². The molecule has 1 saturated carbocycles. The lowest BCUT2D eigenvalue weighted by Crippen LogP contribution is -2.24. The molecule has 2 rings (SSSR count). The van der Waals surface area contributed by atoms with Crippen molar-refractivity contribution in [2.45, 2.75) is 31.2 Å². The van der Waals surface area contributed by atoms with Crippen molar-refractivity contribution >= 4 is 6.21 Å². The van der Waals surface area contributed by atoms with E-state index in [0.717, 1.165) is 18.5 Å². The highest BCUT2D eigenvalue weighted by atomic mass is 15.0. The van der Waals surface area contributed by atoms with Crippen molar-refractivity contribution < 1.29 is 0 Å². The number of hydrogen-bond donors (Lipinski definition) is 2. The lowest BCUT2D eigenvalue weighted by atomic mass is 10.0. The zero-order valence-electron chi connectivity index (χ0n) is 9.25. The molecule has 2 atom stereocenters. The fourth-order valence-electron chi connectivity index (χ4n) is 2.06. The average Bonchev–Trinajstić information content (AvgIpc) is 3.04. The Hall–Kier alpha value is -1.22. The molecule has 15 heavy (non-hydrogen) atoms. The molecule has 0 bridgehead atoms. The van der Waals surface area contributed by atoms with Gasteiger partial charge in [0.05, 0.1) is 11.1 Å². The molecule has 1 heterocycles. The Labute approximate surface area is 90.4 Å². The molecule has 1 aliphatic carbocycles. The number of aryl methyl sites for hydroxylation is 1. The number of hydrogen-bond acceptors (Lipinski definition) is 3. The van der Waals surface area contributed by atoms with Crippen LogP contribution in [0.15, 0.2) is 18.3 Å². The molecule has 0 aromatic carbocycles. The van der Waals surface area contributed by atoms with Gasteiger partial charge >= 0.3 is 0 Å². The summed E-state index contributed by atoms with van der Waals surface area (Å²) in [7, 11) is 1.94. The lowest BCUT2D eigenvalue weighted by Gasteiger charge is -2.10. The first-order valence-corrected chi connectivity index (χ1v) is 5.41. The third kappa shape index (κ3) is 1.57. The summed E-state index contributed by atoms with van der Waals surface area (Å²) in [5.41, 5.74) is 2.13. The van der Waals surface area contributed by atoms with E-state index in [-0.39, 0.29) is 5.41 Å². The lowest BCUT2D eigenvalue weighted by molar-refractivity contribution is 0.730. The van der Waals surface area contributed by atoms with Crippen LogP contribution in [0.3, 0.4) is 0 Å². The first-order valence-electron chi connectivity index (χ1n) is 5.41. The van der Waals surface area contributed by atoms with Gasteiger partial charge in [-0.05, 0) is 31.5 Å². The summed E-state index contributed by atoms with van der Waals surface area (Å²) in [5, 5.41) is 10.7. The molecule has 0 amide bonds. The van der Waals surface area contributed by atoms with Crippen molar-refractivity contribution in [1.82, 2.24) is 10.3 Å². The molecule has 3 heteroatoms. The highest BCUT2D eigenvalue weighted by Gasteiger charge is 2.54. The Kier molecular flexibility index (Phi) is 2.57. The van der Waals surface area contributed by atoms with Crippen LogP contribution in [-0.2, 0) is 11.8 Å². The molecule has 0 saturated heterocycles. The number of nitrogens with one attached hydrogen (secondary N) is 2. The summed E-state index contributed by atoms with van der Waals surface area (Å²) in [6.45, 7) is 2.12. The SMILES string of the molecule is CCc1ccc(C2(C=N)CC2NC)nc1. The predicted molar refractivity (Wildman–Crippen MR) is 61.5 cm³/mol. The van der Waals surface area contributed by atoms with Crippen LogP contribution < -0.4 is 5.32 Å². The number of nitrogens with zero attached hydrogens (tertiary/aromatic N) is 1. The summed E-state index contributed by atoms with van der Waals surface area (Å²) in [6.07, 6.45) is 5.46. The van der Waals surface area contributed by atoms with Crippen LogP contribution in [-0.4, -0.2) is 24.3 Å². The molecule has 3 nitrogen and oxygen atoms in total. The molecule has 0 spiro atoms. The van der Waals surface area contributed by atoms with E-state index in [4.69, 9.17) is 5.41 Å². The quantitative estimate of drug-likeness (QED) is 0.729. The third-order valence-electron chi connectivity index (χ3n) is 3.32. The second kappa shape index (κ2) is 3.74. The van der Waals surface area contributed by atoms with Gasteiger partial charge in [-0.3, -0.25) is 4.98 Å². The molecular formula is C12H17N3. The van der Waals surface area contributed by atoms with E-state index in [0.29, 0.717) is 6.04 Å². The van der Waals surface area contributed by atoms with Crippen LogP contribution in [0, 0.1) is 5.41 Å². The van der Waals surface area contributed by atoms with Gasteiger partial charge in [0.2, 0.25) is 0 Å². The fraction of sp³-hybridized carbons (Fsp3) is 0.500. The van der Waals surface area contributed by atoms with Gasteiger partial charge in [-0.25, -0.2) is 0 Å². The molecule has 2 unspecified atom stereocenters. The molecule has 2 N–H and O–H groups in total. The third-order valence-corrected chi connectivity index (χ3v) is 3.32. The van der Waals surface area contributed by atoms with Gasteiger partial charge in [0, 0.05) is 18.5 Å². The zero-order valence-corrected chi connectivity index (χ0v) is 9.25. The van der Waals surface area contributed by atoms with Gasteiger partial charge in [0.15, 0.2) is 0 Å². The summed E-state index contributed by atoms with van der Waals surface area (Å²) < 4.78 is 0. The van der Waals surface area contributed by atoms with E-state index < -0.39 is 0 Å². The van der Waals surface area contributed by atoms with E-state index in [2.05, 4.69) is 29.4 Å². The van der Waals surface area contributed by atoms with Crippen molar-refractivity contribution in [3.05, 3.63) is 29.6 Å². The predicted octanol–water partition coefficient (Wildman–Crippen LogP) is 1.52. The van der Waals surface area contributed by atoms with Crippen LogP contribution in [0.2, 0.25) is 0 Å². The minimum Gasteiger partial charge on any atom is -0.316 e. The summed E-state index contributed by atoms with van der Waals surface area (Å²) in [5.74, 6) is 0. The number of pyridine rings is 1. The van der Waals surface area contributed by atoms with Crippen LogP contribution in [0.25, 0.3) is 0 Å². The number of aromatic nitrogens is 1. The van der Waals surface area contributed by atoms with Crippen LogP contribution in [0.4, 0.5) is 0 Å². The summed E-state index contributed by atoms with van der Waals surface area (Å²) >= 11 is 0. The highest BCUT2D eigenvalue weighted by Crippen LogP contribution is 2.45. The van der Waals surface area contributed by atoms with E-state index in [1.54, 1.807) is 0 Å². The largest absolute Gasteiger partial charge is 0.316 e. The molecule has 1 aromatic heterocycles. The van der Waals surface area contributed by atoms with Crippen molar-refractivity contribution in [2.24, 2.45) is 0 Å². The molecule has 1 fully saturated rings. The average molecular weight is 203 g/mol. The maximum absolute atomic E-state index is 7.53. The molecule has 1 aromatic rings. The van der Waals surface area contributed by atoms with Crippen molar-refractivity contribution in [1.29, 1.82) is 5.41 Å². The minimum atomic E-state index is -0.138. The van der Waals surface area contributed by atoms with Gasteiger partial charge in [-0.2, -0.15) is 0 Å². The highest BCUT2D eigenvalue weighted by molar-refractivity contribution is 5.76. The Balaban J connectivity index is 2.26. The molecule has 80 valence electrons. The topological polar surface area (TPSA) is 48.8 Å². The van der Waals surface area contributed by atoms with Gasteiger partial charge < -0.3 is 10.7 Å². The number of rotatable bonds is 4. The normalized spacial score (nSPS) is 28.8. The summed E-state index contributed by atoms with van der Waals surface area (Å²) in [4.78, 5) is 4.46. The maximum Gasteiger partial charge on any atom is 0.0639 e. The van der Waals surface area contributed by atoms with E-state index in [1.807, 2.05) is 13.2 Å². The smallest absolute Gasteiger partial charge is 0.0639 e. The van der Waals surface area contributed by atoms with Gasteiger partial charge in [0.1, 0.15) is 0 Å². The van der Waals surface area contributed by atoms with E-state index in [1.165, 1.54) is 11.8 Å². The van der Waals surface area contributed by atoms with Crippen molar-refractivity contribution in [3.63, 3.8) is 0 Å². The van der Waals surface area contributed by atoms with Crippen LogP contribution >= 0.6 is 0 Å². The van der Waals surface area contributed by atoms with E-state index in [9.17, 15) is 0 Å². The van der Waals surface area contributed by atoms with Gasteiger partial charge in [-0.1, -0.05) is 13.0 Å². The monoisotopic (exact) mass is 203 g/mol. The number of likely N-dealkylation sites (N-methyl/N-ethyl adjacent to an activating group) is 1. The molecule has 1 aliphatic rings. The van der Waals surface area contributed by atoms with Crippen LogP contribution in [0.1, 0.15) is 24.6 Å². The molecular weight excluding hydrogens is 186 g/mol. The molecule has 0 radical (unpaired) electrons. The van der Waals surface area contributed by atoms with Gasteiger partial charge in [0.25, 0.3) is 0 Å². The maximum atomic E-state index is 7.53. The van der Waals surface area contributed by atoms with Crippen molar-refractivity contribution in [2.75, 3.05) is 7.05 Å². The first kappa shape index (κ1) is 10.3. The fourth-order valence-corrected chi connectivity index (χ4v) is 2.06. The second-order valence-electron chi connectivity index (χ2n) is 4.14. The standard InChI is InChI=1S/C12H17N3/c1-3-9-4-5-10(15-7-9)12(8-13)6-11(12)14-2/h4-5,7-8,11,13-14H,3,6H2,1-2H3.